The van der Waals surface area contributed by atoms with Gasteiger partial charge >= 0.3 is 35.0 Å². The summed E-state index contributed by atoms with van der Waals surface area (Å²) in [5, 5.41) is 0. The molecular formula is CH2AsF3I2. The molecule has 6 heteroatoms. The van der Waals surface area contributed by atoms with Crippen LogP contribution < -0.4 is 0 Å². The van der Waals surface area contributed by atoms with Crippen LogP contribution in [0.25, 0.3) is 0 Å². The maximum absolute atomic E-state index is 10.3. The molecule has 0 fully saturated rings. The van der Waals surface area contributed by atoms with Gasteiger partial charge in [0.15, 0.2) is 0 Å². The monoisotopic (exact) mass is 400 g/mol. The average Bonchev–Trinajstić information content (AvgIpc) is 0.722. The Morgan fingerprint density at radius 2 is 1.00 bits per heavy atom. The summed E-state index contributed by atoms with van der Waals surface area (Å²) in [6.45, 7) is 0. The van der Waals surface area contributed by atoms with Gasteiger partial charge in [-0.3, -0.25) is 0 Å². The van der Waals surface area contributed by atoms with E-state index in [9.17, 15) is 13.2 Å². The molecule has 0 saturated carbocycles. The van der Waals surface area contributed by atoms with Crippen LogP contribution in [0.2, 0.25) is 0 Å². The number of alkyl halides is 3. The van der Waals surface area contributed by atoms with Crippen molar-refractivity contribution in [3.05, 3.63) is 0 Å². The SMILES string of the molecule is FC(F)(F)[As].I.I. The van der Waals surface area contributed by atoms with Gasteiger partial charge in [0.2, 0.25) is 0 Å². The van der Waals surface area contributed by atoms with Crippen molar-refractivity contribution in [2.24, 2.45) is 0 Å². The Morgan fingerprint density at radius 3 is 1.00 bits per heavy atom. The van der Waals surface area contributed by atoms with Crippen molar-refractivity contribution in [2.75, 3.05) is 0 Å². The van der Waals surface area contributed by atoms with Crippen molar-refractivity contribution >= 4 is 64.8 Å². The summed E-state index contributed by atoms with van der Waals surface area (Å²) in [5.41, 5.74) is 0. The van der Waals surface area contributed by atoms with Gasteiger partial charge < -0.3 is 0 Å². The summed E-state index contributed by atoms with van der Waals surface area (Å²) in [6, 6.07) is 0. The molecule has 0 aromatic heterocycles. The summed E-state index contributed by atoms with van der Waals surface area (Å²) in [5.74, 6) is 0. The third-order valence-electron chi connectivity index (χ3n) is 0. The molecule has 0 heterocycles. The molecule has 0 aromatic rings. The van der Waals surface area contributed by atoms with E-state index in [1.54, 1.807) is 0 Å². The van der Waals surface area contributed by atoms with Crippen LogP contribution in [0.5, 0.6) is 0 Å². The molecule has 0 saturated heterocycles. The fraction of sp³-hybridized carbons (Fsp3) is 1.00. The first-order valence-electron chi connectivity index (χ1n) is 0.791. The van der Waals surface area contributed by atoms with Gasteiger partial charge in [-0.2, -0.15) is 0 Å². The molecule has 0 N–H and O–H groups in total. The van der Waals surface area contributed by atoms with Crippen LogP contribution in [0.3, 0.4) is 0 Å². The van der Waals surface area contributed by atoms with Crippen molar-refractivity contribution in [2.45, 2.75) is 4.96 Å². The first kappa shape index (κ1) is 15.9. The van der Waals surface area contributed by atoms with E-state index in [2.05, 4.69) is 0 Å². The molecule has 0 aliphatic carbocycles. The Hall–Kier alpha value is 1.81. The number of halogens is 5. The summed E-state index contributed by atoms with van der Waals surface area (Å²) >= 11 is 0.583. The van der Waals surface area contributed by atoms with Crippen molar-refractivity contribution in [3.8, 4) is 0 Å². The van der Waals surface area contributed by atoms with Crippen molar-refractivity contribution in [1.29, 1.82) is 0 Å². The van der Waals surface area contributed by atoms with Crippen LogP contribution in [0.15, 0.2) is 0 Å². The summed E-state index contributed by atoms with van der Waals surface area (Å²) in [4.78, 5) is -4.06. The van der Waals surface area contributed by atoms with E-state index < -0.39 is 4.96 Å². The molecule has 2 radical (unpaired) electrons. The maximum Gasteiger partial charge on any atom is -0.107 e. The van der Waals surface area contributed by atoms with Crippen LogP contribution >= 0.6 is 48.0 Å². The number of rotatable bonds is 0. The normalized spacial score (nSPS) is 8.57. The molecule has 0 nitrogen and oxygen atoms in total. The minimum absolute atomic E-state index is 0. The second kappa shape index (κ2) is 5.94. The second-order valence-electron chi connectivity index (χ2n) is 0.468. The Bertz CT molecular complexity index is 28.4. The Labute approximate surface area is 82.1 Å². The van der Waals surface area contributed by atoms with Gasteiger partial charge in [0, 0.05) is 0 Å². The van der Waals surface area contributed by atoms with Gasteiger partial charge in [0.05, 0.1) is 0 Å². The van der Waals surface area contributed by atoms with Crippen LogP contribution in [0, 0.1) is 0 Å². The smallest absolute Gasteiger partial charge is 0.107 e. The third kappa shape index (κ3) is 80.6. The fourth-order valence-electron chi connectivity index (χ4n) is 0. The molecule has 0 amide bonds. The summed E-state index contributed by atoms with van der Waals surface area (Å²) < 4.78 is 31.0. The molecule has 0 spiro atoms. The van der Waals surface area contributed by atoms with E-state index in [4.69, 9.17) is 0 Å². The second-order valence-corrected chi connectivity index (χ2v) is 1.53. The molecule has 0 bridgehead atoms. The number of hydrogen-bond donors (Lipinski definition) is 0. The standard InChI is InChI=1S/CAsF3.2HI/c2-1(3,4)5;;/h;2*1H. The van der Waals surface area contributed by atoms with Gasteiger partial charge in [-0.25, -0.2) is 0 Å². The van der Waals surface area contributed by atoms with Crippen LogP contribution in [0.4, 0.5) is 13.2 Å². The van der Waals surface area contributed by atoms with E-state index in [1.165, 1.54) is 0 Å². The maximum atomic E-state index is 10.3. The predicted octanol–water partition coefficient (Wildman–Crippen LogP) is 1.91. The number of hydrogen-bond acceptors (Lipinski definition) is 0. The largest absolute Gasteiger partial charge is 0.107 e. The minimum Gasteiger partial charge on any atom is -0.107 e. The third-order valence-corrected chi connectivity index (χ3v) is 0. The molecule has 0 rings (SSSR count). The van der Waals surface area contributed by atoms with Gasteiger partial charge in [-0.05, 0) is 0 Å². The molecular weight excluding hydrogens is 398 g/mol. The van der Waals surface area contributed by atoms with Crippen LogP contribution in [0.1, 0.15) is 0 Å². The molecule has 0 unspecified atom stereocenters. The summed E-state index contributed by atoms with van der Waals surface area (Å²) in [7, 11) is 0. The minimum atomic E-state index is -4.06. The fourth-order valence-corrected chi connectivity index (χ4v) is 0. The van der Waals surface area contributed by atoms with Gasteiger partial charge in [0.25, 0.3) is 0 Å². The zero-order valence-electron chi connectivity index (χ0n) is 2.90. The molecule has 46 valence electrons. The van der Waals surface area contributed by atoms with Gasteiger partial charge in [-0.15, -0.1) is 48.0 Å². The zero-order chi connectivity index (χ0) is 4.50. The first-order valence-corrected chi connectivity index (χ1v) is 1.73. The Balaban J connectivity index is -0.0000000800. The zero-order valence-corrected chi connectivity index (χ0v) is 9.43. The van der Waals surface area contributed by atoms with Gasteiger partial charge in [0.1, 0.15) is 0 Å². The average molecular weight is 400 g/mol. The van der Waals surface area contributed by atoms with E-state index in [-0.39, 0.29) is 48.0 Å². The van der Waals surface area contributed by atoms with Crippen LogP contribution in [-0.4, -0.2) is 21.8 Å². The Kier molecular flexibility index (Phi) is 13.5. The van der Waals surface area contributed by atoms with E-state index in [0.717, 1.165) is 0 Å². The first-order chi connectivity index (χ1) is 2.00. The summed E-state index contributed by atoms with van der Waals surface area (Å²) in [6.07, 6.45) is 0. The van der Waals surface area contributed by atoms with Crippen molar-refractivity contribution in [1.82, 2.24) is 0 Å². The molecule has 0 aliphatic heterocycles. The van der Waals surface area contributed by atoms with E-state index in [0.29, 0.717) is 16.9 Å². The predicted molar refractivity (Wildman–Crippen MR) is 42.6 cm³/mol. The van der Waals surface area contributed by atoms with Crippen LogP contribution in [-0.2, 0) is 0 Å². The van der Waals surface area contributed by atoms with E-state index in [1.807, 2.05) is 0 Å². The van der Waals surface area contributed by atoms with Crippen molar-refractivity contribution in [3.63, 3.8) is 0 Å². The Morgan fingerprint density at radius 1 is 1.00 bits per heavy atom. The molecule has 0 aliphatic rings. The molecule has 0 aromatic carbocycles. The molecule has 7 heavy (non-hydrogen) atoms. The van der Waals surface area contributed by atoms with Crippen molar-refractivity contribution < 1.29 is 13.2 Å². The topological polar surface area (TPSA) is 0 Å². The molecule has 0 atom stereocenters. The quantitative estimate of drug-likeness (QED) is 0.431. The van der Waals surface area contributed by atoms with E-state index >= 15 is 0 Å². The van der Waals surface area contributed by atoms with Gasteiger partial charge in [-0.1, -0.05) is 0 Å².